The second kappa shape index (κ2) is 9.89. The monoisotopic (exact) mass is 457 g/mol. The first-order chi connectivity index (χ1) is 16.7. The molecule has 0 radical (unpaired) electrons. The lowest BCUT2D eigenvalue weighted by molar-refractivity contribution is 0.0303. The van der Waals surface area contributed by atoms with Crippen LogP contribution in [0, 0.1) is 5.82 Å². The van der Waals surface area contributed by atoms with Gasteiger partial charge in [-0.3, -0.25) is 9.78 Å². The van der Waals surface area contributed by atoms with Crippen molar-refractivity contribution < 1.29 is 18.7 Å². The molecule has 1 N–H and O–H groups in total. The molecule has 1 fully saturated rings. The molecule has 172 valence electrons. The highest BCUT2D eigenvalue weighted by molar-refractivity contribution is 6.08. The van der Waals surface area contributed by atoms with E-state index in [9.17, 15) is 9.18 Å². The van der Waals surface area contributed by atoms with E-state index in [1.54, 1.807) is 17.2 Å². The number of hydrogen-bond donors (Lipinski definition) is 1. The zero-order chi connectivity index (χ0) is 23.3. The summed E-state index contributed by atoms with van der Waals surface area (Å²) in [6.07, 6.45) is 1.55. The van der Waals surface area contributed by atoms with Crippen molar-refractivity contribution in [3.05, 3.63) is 95.9 Å². The quantitative estimate of drug-likeness (QED) is 0.433. The van der Waals surface area contributed by atoms with E-state index in [1.165, 1.54) is 12.1 Å². The summed E-state index contributed by atoms with van der Waals surface area (Å²) in [5.41, 5.74) is 3.36. The molecule has 7 heteroatoms. The minimum Gasteiger partial charge on any atom is -0.489 e. The van der Waals surface area contributed by atoms with Gasteiger partial charge in [0.1, 0.15) is 18.2 Å². The van der Waals surface area contributed by atoms with Gasteiger partial charge in [-0.15, -0.1) is 0 Å². The minimum absolute atomic E-state index is 0.160. The lowest BCUT2D eigenvalue weighted by atomic mass is 10.1. The summed E-state index contributed by atoms with van der Waals surface area (Å²) in [7, 11) is 0. The summed E-state index contributed by atoms with van der Waals surface area (Å²) in [6.45, 7) is 2.48. The van der Waals surface area contributed by atoms with Gasteiger partial charge in [-0.25, -0.2) is 4.39 Å². The zero-order valence-corrected chi connectivity index (χ0v) is 18.5. The number of carbonyl (C=O) groups is 1. The van der Waals surface area contributed by atoms with Crippen LogP contribution in [0.3, 0.4) is 0 Å². The van der Waals surface area contributed by atoms with Crippen molar-refractivity contribution in [2.75, 3.05) is 31.6 Å². The van der Waals surface area contributed by atoms with Crippen LogP contribution in [0.5, 0.6) is 5.75 Å². The van der Waals surface area contributed by atoms with Gasteiger partial charge in [0.2, 0.25) is 0 Å². The van der Waals surface area contributed by atoms with Crippen LogP contribution in [-0.2, 0) is 11.3 Å². The molecular formula is C27H24FN3O3. The van der Waals surface area contributed by atoms with Gasteiger partial charge in [0.05, 0.1) is 30.0 Å². The van der Waals surface area contributed by atoms with Gasteiger partial charge in [0.25, 0.3) is 5.91 Å². The third-order valence-corrected chi connectivity index (χ3v) is 5.73. The predicted molar refractivity (Wildman–Crippen MR) is 129 cm³/mol. The number of fused-ring (bicyclic) bond motifs is 1. The molecule has 3 aromatic carbocycles. The molecule has 0 unspecified atom stereocenters. The molecule has 1 amide bonds. The number of nitrogens with one attached hydrogen (secondary N) is 1. The molecule has 4 aromatic rings. The molecule has 2 heterocycles. The number of morpholine rings is 1. The molecule has 1 aliphatic heterocycles. The molecule has 34 heavy (non-hydrogen) atoms. The van der Waals surface area contributed by atoms with E-state index in [0.29, 0.717) is 55.1 Å². The fourth-order valence-corrected chi connectivity index (χ4v) is 3.92. The van der Waals surface area contributed by atoms with E-state index in [-0.39, 0.29) is 5.91 Å². The third kappa shape index (κ3) is 4.84. The number of halogens is 1. The standard InChI is InChI=1S/C27H24FN3O3/c28-20-6-11-25-23(16-20)26(24(17-29-25)27(32)31-12-14-33-15-13-31)30-21-7-9-22(10-8-21)34-18-19-4-2-1-3-5-19/h1-11,16-17H,12-15,18H2,(H,29,30). The van der Waals surface area contributed by atoms with Crippen molar-refractivity contribution in [2.24, 2.45) is 0 Å². The molecular weight excluding hydrogens is 433 g/mol. The average molecular weight is 458 g/mol. The molecule has 1 aromatic heterocycles. The maximum Gasteiger partial charge on any atom is 0.257 e. The number of anilines is 2. The maximum atomic E-state index is 14.1. The number of benzene rings is 3. The Kier molecular flexibility index (Phi) is 6.35. The van der Waals surface area contributed by atoms with Crippen LogP contribution in [0.25, 0.3) is 10.9 Å². The van der Waals surface area contributed by atoms with Crippen LogP contribution in [0.1, 0.15) is 15.9 Å². The van der Waals surface area contributed by atoms with Crippen LogP contribution in [-0.4, -0.2) is 42.1 Å². The van der Waals surface area contributed by atoms with E-state index < -0.39 is 5.82 Å². The van der Waals surface area contributed by atoms with Crippen molar-refractivity contribution >= 4 is 28.2 Å². The second-order valence-electron chi connectivity index (χ2n) is 8.04. The number of nitrogens with zero attached hydrogens (tertiary/aromatic N) is 2. The van der Waals surface area contributed by atoms with Crippen LogP contribution < -0.4 is 10.1 Å². The lowest BCUT2D eigenvalue weighted by Crippen LogP contribution is -2.41. The first kappa shape index (κ1) is 21.9. The molecule has 6 nitrogen and oxygen atoms in total. The number of rotatable bonds is 6. The normalized spacial score (nSPS) is 13.6. The Labute approximate surface area is 196 Å². The molecule has 0 aliphatic carbocycles. The van der Waals surface area contributed by atoms with Crippen molar-refractivity contribution in [2.45, 2.75) is 6.61 Å². The van der Waals surface area contributed by atoms with E-state index in [0.717, 1.165) is 17.0 Å². The molecule has 0 spiro atoms. The highest BCUT2D eigenvalue weighted by atomic mass is 19.1. The summed E-state index contributed by atoms with van der Waals surface area (Å²) in [4.78, 5) is 19.4. The Bertz CT molecular complexity index is 1290. The fourth-order valence-electron chi connectivity index (χ4n) is 3.92. The number of hydrogen-bond acceptors (Lipinski definition) is 5. The Balaban J connectivity index is 1.42. The molecule has 0 atom stereocenters. The Morgan fingerprint density at radius 3 is 2.56 bits per heavy atom. The first-order valence-electron chi connectivity index (χ1n) is 11.2. The Hall–Kier alpha value is -3.97. The van der Waals surface area contributed by atoms with E-state index >= 15 is 0 Å². The van der Waals surface area contributed by atoms with Gasteiger partial charge in [-0.05, 0) is 48.0 Å². The maximum absolute atomic E-state index is 14.1. The second-order valence-corrected chi connectivity index (χ2v) is 8.04. The molecule has 1 aliphatic rings. The molecule has 0 saturated carbocycles. The smallest absolute Gasteiger partial charge is 0.257 e. The summed E-state index contributed by atoms with van der Waals surface area (Å²) < 4.78 is 25.4. The highest BCUT2D eigenvalue weighted by Gasteiger charge is 2.23. The SMILES string of the molecule is O=C(c1cnc2ccc(F)cc2c1Nc1ccc(OCc2ccccc2)cc1)N1CCOCC1. The molecule has 1 saturated heterocycles. The van der Waals surface area contributed by atoms with Gasteiger partial charge in [-0.1, -0.05) is 30.3 Å². The van der Waals surface area contributed by atoms with Gasteiger partial charge < -0.3 is 19.7 Å². The van der Waals surface area contributed by atoms with Crippen LogP contribution in [0.4, 0.5) is 15.8 Å². The van der Waals surface area contributed by atoms with Crippen molar-refractivity contribution in [3.63, 3.8) is 0 Å². The number of aromatic nitrogens is 1. The number of amides is 1. The topological polar surface area (TPSA) is 63.7 Å². The predicted octanol–water partition coefficient (Wildman–Crippen LogP) is 5.17. The first-order valence-corrected chi connectivity index (χ1v) is 11.2. The Morgan fingerprint density at radius 2 is 1.79 bits per heavy atom. The minimum atomic E-state index is -0.391. The summed E-state index contributed by atoms with van der Waals surface area (Å²) in [6, 6.07) is 21.8. The summed E-state index contributed by atoms with van der Waals surface area (Å²) in [5, 5.41) is 3.87. The lowest BCUT2D eigenvalue weighted by Gasteiger charge is -2.28. The van der Waals surface area contributed by atoms with Crippen molar-refractivity contribution in [1.29, 1.82) is 0 Å². The van der Waals surface area contributed by atoms with E-state index in [2.05, 4.69) is 10.3 Å². The largest absolute Gasteiger partial charge is 0.489 e. The van der Waals surface area contributed by atoms with Crippen molar-refractivity contribution in [1.82, 2.24) is 9.88 Å². The van der Waals surface area contributed by atoms with Crippen LogP contribution >= 0.6 is 0 Å². The zero-order valence-electron chi connectivity index (χ0n) is 18.5. The van der Waals surface area contributed by atoms with Gasteiger partial charge in [0.15, 0.2) is 0 Å². The Morgan fingerprint density at radius 1 is 1.03 bits per heavy atom. The van der Waals surface area contributed by atoms with Crippen LogP contribution in [0.15, 0.2) is 79.0 Å². The van der Waals surface area contributed by atoms with Crippen molar-refractivity contribution in [3.8, 4) is 5.75 Å². The third-order valence-electron chi connectivity index (χ3n) is 5.73. The van der Waals surface area contributed by atoms with E-state index in [4.69, 9.17) is 9.47 Å². The van der Waals surface area contributed by atoms with E-state index in [1.807, 2.05) is 54.6 Å². The average Bonchev–Trinajstić information content (AvgIpc) is 2.89. The number of carbonyl (C=O) groups excluding carboxylic acids is 1. The molecule has 0 bridgehead atoms. The number of pyridine rings is 1. The van der Waals surface area contributed by atoms with Crippen LogP contribution in [0.2, 0.25) is 0 Å². The summed E-state index contributed by atoms with van der Waals surface area (Å²) >= 11 is 0. The number of ether oxygens (including phenoxy) is 2. The van der Waals surface area contributed by atoms with Gasteiger partial charge in [-0.2, -0.15) is 0 Å². The fraction of sp³-hybridized carbons (Fsp3) is 0.185. The van der Waals surface area contributed by atoms with Gasteiger partial charge in [0, 0.05) is 30.4 Å². The molecule has 5 rings (SSSR count). The summed E-state index contributed by atoms with van der Waals surface area (Å²) in [5.74, 6) is 0.176. The highest BCUT2D eigenvalue weighted by Crippen LogP contribution is 2.31. The van der Waals surface area contributed by atoms with Gasteiger partial charge >= 0.3 is 0 Å².